The maximum atomic E-state index is 13.3. The lowest BCUT2D eigenvalue weighted by Gasteiger charge is -2.15. The number of halogens is 8. The van der Waals surface area contributed by atoms with E-state index in [1.54, 1.807) is 18.2 Å². The highest BCUT2D eigenvalue weighted by Crippen LogP contribution is 2.73. The van der Waals surface area contributed by atoms with Gasteiger partial charge in [0.05, 0.1) is 33.2 Å². The number of hydrogen-bond donors (Lipinski definition) is 2. The van der Waals surface area contributed by atoms with Gasteiger partial charge in [-0.1, -0.05) is 58.0 Å². The zero-order valence-corrected chi connectivity index (χ0v) is 23.1. The second-order valence-corrected chi connectivity index (χ2v) is 11.5. The molecule has 13 heteroatoms. The average Bonchev–Trinajstić information content (AvgIpc) is 3.36. The predicted molar refractivity (Wildman–Crippen MR) is 146 cm³/mol. The van der Waals surface area contributed by atoms with Crippen molar-refractivity contribution >= 4 is 81.6 Å². The van der Waals surface area contributed by atoms with Crippen LogP contribution in [0.1, 0.15) is 33.0 Å². The van der Waals surface area contributed by atoms with Crippen LogP contribution in [0.5, 0.6) is 0 Å². The van der Waals surface area contributed by atoms with E-state index in [0.29, 0.717) is 33.6 Å². The molecule has 0 saturated heterocycles. The number of carbonyl (C=O) groups excluding carboxylic acids is 2. The third kappa shape index (κ3) is 5.65. The van der Waals surface area contributed by atoms with Gasteiger partial charge in [-0.3, -0.25) is 4.79 Å². The van der Waals surface area contributed by atoms with Crippen LogP contribution < -0.4 is 10.6 Å². The molecule has 1 fully saturated rings. The summed E-state index contributed by atoms with van der Waals surface area (Å²) < 4.78 is 38.4. The normalized spacial score (nSPS) is 19.6. The lowest BCUT2D eigenvalue weighted by molar-refractivity contribution is -0.137. The van der Waals surface area contributed by atoms with E-state index >= 15 is 0 Å². The summed E-state index contributed by atoms with van der Waals surface area (Å²) in [6.07, 6.45) is -4.15. The van der Waals surface area contributed by atoms with E-state index in [1.807, 2.05) is 0 Å². The number of anilines is 2. The first-order valence-corrected chi connectivity index (χ1v) is 12.9. The lowest BCUT2D eigenvalue weighted by Crippen LogP contribution is -2.23. The standard InChI is InChI=1S/C26H15Cl5F3N3O2/c27-15-5-14(6-16(28)7-15)22-24(12-38,25(22,30)31)11-36-17-3-4-21(29)19(8-17)23(39)37-18-2-1-13(10-35)20(9-18)26(32,33)34/h1-9,12,22,36H,11H2,(H,37,39). The van der Waals surface area contributed by atoms with Gasteiger partial charge in [0, 0.05) is 33.9 Å². The molecule has 0 bridgehead atoms. The maximum Gasteiger partial charge on any atom is 0.417 e. The SMILES string of the molecule is N#Cc1ccc(NC(=O)c2cc(NCC3(C=O)C(c4cc(Cl)cc(Cl)c4)C3(Cl)Cl)ccc2Cl)cc1C(F)(F)F. The molecule has 2 N–H and O–H groups in total. The van der Waals surface area contributed by atoms with E-state index < -0.39 is 38.9 Å². The fraction of sp³-hybridized carbons (Fsp3) is 0.192. The van der Waals surface area contributed by atoms with E-state index in [4.69, 9.17) is 63.3 Å². The first-order chi connectivity index (χ1) is 18.2. The third-order valence-electron chi connectivity index (χ3n) is 6.34. The van der Waals surface area contributed by atoms with E-state index in [2.05, 4.69) is 10.6 Å². The van der Waals surface area contributed by atoms with Crippen LogP contribution in [0.15, 0.2) is 54.6 Å². The maximum absolute atomic E-state index is 13.3. The van der Waals surface area contributed by atoms with Crippen molar-refractivity contribution < 1.29 is 22.8 Å². The Balaban J connectivity index is 1.55. The zero-order valence-electron chi connectivity index (χ0n) is 19.3. The van der Waals surface area contributed by atoms with Gasteiger partial charge in [-0.05, 0) is 60.2 Å². The number of rotatable bonds is 7. The highest BCUT2D eigenvalue weighted by atomic mass is 35.5. The highest BCUT2D eigenvalue weighted by molar-refractivity contribution is 6.54. The average molecular weight is 636 g/mol. The van der Waals surface area contributed by atoms with Crippen molar-refractivity contribution in [1.29, 1.82) is 5.26 Å². The van der Waals surface area contributed by atoms with Gasteiger partial charge in [0.15, 0.2) is 0 Å². The van der Waals surface area contributed by atoms with Gasteiger partial charge in [-0.25, -0.2) is 0 Å². The van der Waals surface area contributed by atoms with Gasteiger partial charge in [0.25, 0.3) is 5.91 Å². The minimum absolute atomic E-state index is 0.0229. The number of nitrogens with zero attached hydrogens (tertiary/aromatic N) is 1. The van der Waals surface area contributed by atoms with E-state index in [1.165, 1.54) is 30.3 Å². The van der Waals surface area contributed by atoms with Crippen LogP contribution in [0, 0.1) is 16.7 Å². The number of benzene rings is 3. The summed E-state index contributed by atoms with van der Waals surface area (Å²) in [4.78, 5) is 25.1. The van der Waals surface area contributed by atoms with Crippen LogP contribution >= 0.6 is 58.0 Å². The topological polar surface area (TPSA) is 82.0 Å². The van der Waals surface area contributed by atoms with Crippen LogP contribution in [0.25, 0.3) is 0 Å². The van der Waals surface area contributed by atoms with Crippen molar-refractivity contribution in [3.05, 3.63) is 91.9 Å². The molecule has 3 aromatic rings. The van der Waals surface area contributed by atoms with Gasteiger partial charge < -0.3 is 15.4 Å². The van der Waals surface area contributed by atoms with Gasteiger partial charge in [0.2, 0.25) is 0 Å². The largest absolute Gasteiger partial charge is 0.417 e. The molecule has 2 unspecified atom stereocenters. The molecule has 0 radical (unpaired) electrons. The minimum Gasteiger partial charge on any atom is -0.384 e. The zero-order chi connectivity index (χ0) is 28.8. The van der Waals surface area contributed by atoms with Crippen LogP contribution in [0.4, 0.5) is 24.5 Å². The summed E-state index contributed by atoms with van der Waals surface area (Å²) in [5.74, 6) is -1.43. The monoisotopic (exact) mass is 633 g/mol. The number of hydrogen-bond acceptors (Lipinski definition) is 4. The molecule has 0 heterocycles. The van der Waals surface area contributed by atoms with Crippen LogP contribution in [0.3, 0.4) is 0 Å². The Kier molecular flexibility index (Phi) is 8.06. The van der Waals surface area contributed by atoms with Gasteiger partial charge >= 0.3 is 6.18 Å². The second-order valence-electron chi connectivity index (χ2n) is 8.79. The molecule has 1 aliphatic carbocycles. The van der Waals surface area contributed by atoms with Crippen molar-refractivity contribution in [1.82, 2.24) is 0 Å². The smallest absolute Gasteiger partial charge is 0.384 e. The molecule has 202 valence electrons. The van der Waals surface area contributed by atoms with Crippen LogP contribution in [-0.2, 0) is 11.0 Å². The Morgan fingerprint density at radius 3 is 2.23 bits per heavy atom. The highest BCUT2D eigenvalue weighted by Gasteiger charge is 2.76. The fourth-order valence-corrected chi connectivity index (χ4v) is 6.06. The molecule has 5 nitrogen and oxygen atoms in total. The molecule has 0 spiro atoms. The first kappa shape index (κ1) is 29.3. The Bertz CT molecular complexity index is 1500. The lowest BCUT2D eigenvalue weighted by atomic mass is 10.00. The number of alkyl halides is 5. The summed E-state index contributed by atoms with van der Waals surface area (Å²) in [7, 11) is 0. The van der Waals surface area contributed by atoms with Crippen molar-refractivity contribution in [3.8, 4) is 6.07 Å². The third-order valence-corrected chi connectivity index (χ3v) is 8.25. The quantitative estimate of drug-likeness (QED) is 0.202. The molecule has 0 aromatic heterocycles. The van der Waals surface area contributed by atoms with Gasteiger partial charge in [-0.15, -0.1) is 0 Å². The summed E-state index contributed by atoms with van der Waals surface area (Å²) in [6, 6.07) is 13.3. The predicted octanol–water partition coefficient (Wildman–Crippen LogP) is 8.36. The number of nitrogens with one attached hydrogen (secondary N) is 2. The van der Waals surface area contributed by atoms with E-state index in [9.17, 15) is 22.8 Å². The molecule has 1 saturated carbocycles. The Morgan fingerprint density at radius 1 is 1.00 bits per heavy atom. The molecule has 1 amide bonds. The number of amides is 1. The molecular weight excluding hydrogens is 621 g/mol. The summed E-state index contributed by atoms with van der Waals surface area (Å²) in [5.41, 5.74) is -2.34. The number of aldehydes is 1. The number of carbonyl (C=O) groups is 2. The minimum atomic E-state index is -4.79. The molecule has 4 rings (SSSR count). The van der Waals surface area contributed by atoms with Crippen molar-refractivity contribution in [2.24, 2.45) is 5.41 Å². The Morgan fingerprint density at radius 2 is 1.64 bits per heavy atom. The first-order valence-electron chi connectivity index (χ1n) is 11.0. The molecule has 2 atom stereocenters. The molecular formula is C26H15Cl5F3N3O2. The van der Waals surface area contributed by atoms with Crippen LogP contribution in [-0.4, -0.2) is 23.1 Å². The Labute approximate surface area is 245 Å². The van der Waals surface area contributed by atoms with Crippen molar-refractivity contribution in [2.75, 3.05) is 17.2 Å². The summed E-state index contributed by atoms with van der Waals surface area (Å²) in [6.45, 7) is -0.0362. The van der Waals surface area contributed by atoms with Gasteiger partial charge in [0.1, 0.15) is 10.6 Å². The summed E-state index contributed by atoms with van der Waals surface area (Å²) in [5, 5.41) is 15.0. The van der Waals surface area contributed by atoms with Crippen LogP contribution in [0.2, 0.25) is 15.1 Å². The number of nitriles is 1. The van der Waals surface area contributed by atoms with E-state index in [0.717, 1.165) is 6.07 Å². The molecule has 0 aliphatic heterocycles. The fourth-order valence-electron chi connectivity index (χ4n) is 4.34. The second kappa shape index (κ2) is 10.7. The Hall–Kier alpha value is -2.67. The molecule has 3 aromatic carbocycles. The molecule has 39 heavy (non-hydrogen) atoms. The van der Waals surface area contributed by atoms with Crippen molar-refractivity contribution in [3.63, 3.8) is 0 Å². The van der Waals surface area contributed by atoms with Crippen molar-refractivity contribution in [2.45, 2.75) is 16.4 Å². The van der Waals surface area contributed by atoms with Gasteiger partial charge in [-0.2, -0.15) is 18.4 Å². The summed E-state index contributed by atoms with van der Waals surface area (Å²) >= 11 is 31.4. The van der Waals surface area contributed by atoms with E-state index in [-0.39, 0.29) is 22.8 Å². The molecule has 1 aliphatic rings.